The number of hydrogen-bond donors (Lipinski definition) is 2. The number of carbonyl (C=O) groups is 4. The highest BCUT2D eigenvalue weighted by atomic mass is 32.2. The van der Waals surface area contributed by atoms with Crippen LogP contribution in [0.1, 0.15) is 39.2 Å². The highest BCUT2D eigenvalue weighted by molar-refractivity contribution is 8.13. The minimum Gasteiger partial charge on any atom is -0.423 e. The molecule has 0 bridgehead atoms. The SMILES string of the molecule is COC(=O)[N+]1(C(=O)[C@H](C)CSC(C)=O)C[C@@H](NC(=O)C[C@H](N)Cc2cc(F)c(F)cc2F)C[C@H]1C. The minimum absolute atomic E-state index is 0.0273. The lowest BCUT2D eigenvalue weighted by atomic mass is 10.0. The first-order valence-electron chi connectivity index (χ1n) is 11.1. The van der Waals surface area contributed by atoms with Gasteiger partial charge in [0.15, 0.2) is 16.7 Å². The summed E-state index contributed by atoms with van der Waals surface area (Å²) in [5, 5.41) is 2.61. The first kappa shape index (κ1) is 28.8. The minimum atomic E-state index is -1.32. The molecule has 194 valence electrons. The monoisotopic (exact) mass is 518 g/mol. The van der Waals surface area contributed by atoms with Crippen molar-refractivity contribution in [1.29, 1.82) is 0 Å². The number of rotatable bonds is 8. The normalized spacial score (nSPS) is 23.4. The summed E-state index contributed by atoms with van der Waals surface area (Å²) < 4.78 is 44.7. The molecule has 1 aromatic carbocycles. The summed E-state index contributed by atoms with van der Waals surface area (Å²) in [4.78, 5) is 49.9. The molecule has 2 rings (SSSR count). The lowest BCUT2D eigenvalue weighted by molar-refractivity contribution is -0.794. The van der Waals surface area contributed by atoms with E-state index in [9.17, 15) is 32.3 Å². The van der Waals surface area contributed by atoms with Crippen LogP contribution in [-0.2, 0) is 25.5 Å². The van der Waals surface area contributed by atoms with Gasteiger partial charge in [-0.05, 0) is 31.9 Å². The van der Waals surface area contributed by atoms with Gasteiger partial charge in [0.1, 0.15) is 18.4 Å². The quantitative estimate of drug-likeness (QED) is 0.402. The Morgan fingerprint density at radius 1 is 1.20 bits per heavy atom. The molecule has 0 spiro atoms. The zero-order valence-electron chi connectivity index (χ0n) is 20.1. The molecule has 12 heteroatoms. The smallest absolute Gasteiger partial charge is 0.423 e. The van der Waals surface area contributed by atoms with E-state index in [2.05, 4.69) is 5.32 Å². The summed E-state index contributed by atoms with van der Waals surface area (Å²) in [7, 11) is 1.18. The standard InChI is InChI=1S/C23H30F3N3O5S/c1-12(11-35-14(3)30)22(32)29(23(33)34-4)10-17(5-13(29)2)28-21(31)8-16(27)6-15-7-19(25)20(26)9-18(15)24/h7,9,12-13,16-17H,5-6,8,10-11,27H2,1-4H3/p+1/t12-,13-,16-,17+,29?/m1/s1. The number of benzene rings is 1. The van der Waals surface area contributed by atoms with Crippen LogP contribution < -0.4 is 11.1 Å². The molecule has 1 unspecified atom stereocenters. The van der Waals surface area contributed by atoms with Crippen molar-refractivity contribution in [2.24, 2.45) is 11.7 Å². The highest BCUT2D eigenvalue weighted by Crippen LogP contribution is 2.32. The number of ether oxygens (including phenoxy) is 1. The molecule has 0 aliphatic carbocycles. The van der Waals surface area contributed by atoms with Gasteiger partial charge in [-0.2, -0.15) is 9.28 Å². The van der Waals surface area contributed by atoms with Gasteiger partial charge in [0.05, 0.1) is 19.1 Å². The maximum atomic E-state index is 13.9. The lowest BCUT2D eigenvalue weighted by Crippen LogP contribution is -2.62. The van der Waals surface area contributed by atoms with Crippen LogP contribution in [0.15, 0.2) is 12.1 Å². The van der Waals surface area contributed by atoms with Crippen LogP contribution in [0.3, 0.4) is 0 Å². The second-order valence-electron chi connectivity index (χ2n) is 8.94. The van der Waals surface area contributed by atoms with Crippen molar-refractivity contribution < 1.29 is 41.6 Å². The maximum Gasteiger partial charge on any atom is 0.523 e. The third-order valence-corrected chi connectivity index (χ3v) is 7.20. The molecule has 3 N–H and O–H groups in total. The zero-order chi connectivity index (χ0) is 26.5. The van der Waals surface area contributed by atoms with Crippen molar-refractivity contribution in [3.05, 3.63) is 35.1 Å². The number of halogens is 3. The van der Waals surface area contributed by atoms with Crippen molar-refractivity contribution in [2.75, 3.05) is 19.4 Å². The van der Waals surface area contributed by atoms with Gasteiger partial charge in [-0.1, -0.05) is 11.8 Å². The third kappa shape index (κ3) is 6.83. The van der Waals surface area contributed by atoms with Gasteiger partial charge in [-0.15, -0.1) is 0 Å². The van der Waals surface area contributed by atoms with Gasteiger partial charge in [-0.25, -0.2) is 18.0 Å². The molecule has 1 saturated heterocycles. The van der Waals surface area contributed by atoms with E-state index in [0.29, 0.717) is 18.6 Å². The first-order chi connectivity index (χ1) is 16.3. The molecule has 0 saturated carbocycles. The van der Waals surface area contributed by atoms with Crippen molar-refractivity contribution in [1.82, 2.24) is 5.32 Å². The second kappa shape index (κ2) is 12.0. The van der Waals surface area contributed by atoms with Gasteiger partial charge in [0.2, 0.25) is 5.91 Å². The molecule has 0 radical (unpaired) electrons. The fourth-order valence-corrected chi connectivity index (χ4v) is 5.05. The molecule has 1 fully saturated rings. The van der Waals surface area contributed by atoms with Crippen LogP contribution >= 0.6 is 11.8 Å². The lowest BCUT2D eigenvalue weighted by Gasteiger charge is -2.33. The third-order valence-electron chi connectivity index (χ3n) is 6.12. The Labute approximate surface area is 206 Å². The summed E-state index contributed by atoms with van der Waals surface area (Å²) in [6.45, 7) is 4.71. The number of nitrogens with zero attached hydrogens (tertiary/aromatic N) is 1. The van der Waals surface area contributed by atoms with Crippen molar-refractivity contribution in [3.8, 4) is 0 Å². The van der Waals surface area contributed by atoms with E-state index < -0.39 is 63.9 Å². The van der Waals surface area contributed by atoms with Gasteiger partial charge in [0, 0.05) is 37.6 Å². The van der Waals surface area contributed by atoms with E-state index in [1.807, 2.05) is 0 Å². The van der Waals surface area contributed by atoms with E-state index in [1.54, 1.807) is 13.8 Å². The predicted octanol–water partition coefficient (Wildman–Crippen LogP) is 2.67. The van der Waals surface area contributed by atoms with E-state index in [1.165, 1.54) is 14.0 Å². The zero-order valence-corrected chi connectivity index (χ0v) is 20.9. The number of carbonyl (C=O) groups excluding carboxylic acids is 4. The largest absolute Gasteiger partial charge is 0.523 e. The molecule has 1 aliphatic heterocycles. The number of nitrogens with one attached hydrogen (secondary N) is 1. The number of thioether (sulfide) groups is 1. The summed E-state index contributed by atoms with van der Waals surface area (Å²) in [5.41, 5.74) is 5.78. The predicted molar refractivity (Wildman–Crippen MR) is 123 cm³/mol. The van der Waals surface area contributed by atoms with Crippen LogP contribution in [-0.4, -0.2) is 65.0 Å². The number of imide groups is 1. The molecule has 0 aromatic heterocycles. The number of nitrogens with two attached hydrogens (primary N) is 1. The molecule has 35 heavy (non-hydrogen) atoms. The number of quaternary nitrogens is 1. The molecule has 1 aromatic rings. The van der Waals surface area contributed by atoms with Gasteiger partial charge in [-0.3, -0.25) is 9.59 Å². The Morgan fingerprint density at radius 3 is 2.43 bits per heavy atom. The molecule has 1 heterocycles. The van der Waals surface area contributed by atoms with Crippen molar-refractivity contribution in [3.63, 3.8) is 0 Å². The number of likely N-dealkylation sites (tertiary alicyclic amines) is 1. The number of hydrogen-bond acceptors (Lipinski definition) is 7. The average molecular weight is 519 g/mol. The summed E-state index contributed by atoms with van der Waals surface area (Å²) in [6.07, 6.45) is -0.860. The molecular weight excluding hydrogens is 487 g/mol. The molecule has 1 aliphatic rings. The topological polar surface area (TPSA) is 116 Å². The van der Waals surface area contributed by atoms with Crippen LogP contribution in [0.2, 0.25) is 0 Å². The van der Waals surface area contributed by atoms with Crippen LogP contribution in [0.25, 0.3) is 0 Å². The molecular formula is C23H31F3N3O5S+. The summed E-state index contributed by atoms with van der Waals surface area (Å²) in [5.74, 6) is -4.78. The maximum absolute atomic E-state index is 13.9. The summed E-state index contributed by atoms with van der Waals surface area (Å²) in [6, 6.07) is -0.775. The Balaban J connectivity index is 2.06. The molecule has 8 nitrogen and oxygen atoms in total. The molecule has 3 amide bonds. The van der Waals surface area contributed by atoms with Gasteiger partial charge < -0.3 is 15.8 Å². The number of methoxy groups -OCH3 is 1. The molecule has 5 atom stereocenters. The summed E-state index contributed by atoms with van der Waals surface area (Å²) >= 11 is 0.991. The number of amides is 3. The Kier molecular flexibility index (Phi) is 9.87. The Hall–Kier alpha value is -2.44. The average Bonchev–Trinajstić information content (AvgIpc) is 3.10. The van der Waals surface area contributed by atoms with E-state index >= 15 is 0 Å². The van der Waals surface area contributed by atoms with Gasteiger partial charge >= 0.3 is 12.0 Å². The second-order valence-corrected chi connectivity index (χ2v) is 10.1. The van der Waals surface area contributed by atoms with E-state index in [-0.39, 0.29) is 35.8 Å². The first-order valence-corrected chi connectivity index (χ1v) is 12.1. The van der Waals surface area contributed by atoms with Crippen molar-refractivity contribution in [2.45, 2.75) is 58.2 Å². The fraction of sp³-hybridized carbons (Fsp3) is 0.565. The van der Waals surface area contributed by atoms with E-state index in [0.717, 1.165) is 11.8 Å². The fourth-order valence-electron chi connectivity index (χ4n) is 4.42. The Bertz CT molecular complexity index is 995. The van der Waals surface area contributed by atoms with E-state index in [4.69, 9.17) is 10.5 Å². The van der Waals surface area contributed by atoms with Crippen LogP contribution in [0, 0.1) is 23.4 Å². The van der Waals surface area contributed by atoms with Crippen LogP contribution in [0.4, 0.5) is 18.0 Å². The van der Waals surface area contributed by atoms with Crippen LogP contribution in [0.5, 0.6) is 0 Å². The highest BCUT2D eigenvalue weighted by Gasteiger charge is 2.58. The Morgan fingerprint density at radius 2 is 1.83 bits per heavy atom. The van der Waals surface area contributed by atoms with Crippen molar-refractivity contribution >= 4 is 34.8 Å². The van der Waals surface area contributed by atoms with Gasteiger partial charge in [0.25, 0.3) is 0 Å².